The van der Waals surface area contributed by atoms with Gasteiger partial charge >= 0.3 is 0 Å². The Morgan fingerprint density at radius 1 is 1.31 bits per heavy atom. The molecule has 1 spiro atoms. The molecular weight excluding hydrogens is 266 g/mol. The molecule has 1 fully saturated rings. The smallest absolute Gasteiger partial charge is 0.135 e. The average Bonchev–Trinajstić information content (AvgIpc) is 3.08. The summed E-state index contributed by atoms with van der Waals surface area (Å²) in [6.07, 6.45) is 5.29. The SMILES string of the molecule is COc1cc2c(cc1Br)C1(CCCN2)CC1. The third-order valence-electron chi connectivity index (χ3n) is 3.86. The van der Waals surface area contributed by atoms with E-state index in [2.05, 4.69) is 33.4 Å². The number of nitrogens with one attached hydrogen (secondary N) is 1. The van der Waals surface area contributed by atoms with Gasteiger partial charge < -0.3 is 10.1 Å². The summed E-state index contributed by atoms with van der Waals surface area (Å²) in [5.41, 5.74) is 3.24. The van der Waals surface area contributed by atoms with Crippen LogP contribution >= 0.6 is 15.9 Å². The van der Waals surface area contributed by atoms with E-state index in [4.69, 9.17) is 4.74 Å². The van der Waals surface area contributed by atoms with Crippen molar-refractivity contribution < 1.29 is 4.74 Å². The molecule has 1 N–H and O–H groups in total. The first kappa shape index (κ1) is 10.5. The Hall–Kier alpha value is -0.700. The molecule has 1 aliphatic heterocycles. The highest BCUT2D eigenvalue weighted by Gasteiger charge is 2.46. The summed E-state index contributed by atoms with van der Waals surface area (Å²) in [7, 11) is 1.72. The van der Waals surface area contributed by atoms with E-state index in [0.29, 0.717) is 5.41 Å². The Balaban J connectivity index is 2.12. The van der Waals surface area contributed by atoms with Gasteiger partial charge in [0.2, 0.25) is 0 Å². The van der Waals surface area contributed by atoms with Crippen molar-refractivity contribution in [1.29, 1.82) is 0 Å². The van der Waals surface area contributed by atoms with Crippen molar-refractivity contribution in [1.82, 2.24) is 0 Å². The van der Waals surface area contributed by atoms with Crippen LogP contribution < -0.4 is 10.1 Å². The van der Waals surface area contributed by atoms with Crippen LogP contribution in [0.15, 0.2) is 16.6 Å². The fourth-order valence-corrected chi connectivity index (χ4v) is 3.25. The summed E-state index contributed by atoms with van der Waals surface area (Å²) < 4.78 is 6.43. The molecular formula is C13H16BrNO. The first-order valence-corrected chi connectivity index (χ1v) is 6.66. The Morgan fingerprint density at radius 3 is 2.81 bits per heavy atom. The number of hydrogen-bond donors (Lipinski definition) is 1. The molecule has 1 heterocycles. The lowest BCUT2D eigenvalue weighted by Crippen LogP contribution is -2.06. The zero-order valence-corrected chi connectivity index (χ0v) is 11.1. The predicted molar refractivity (Wildman–Crippen MR) is 69.3 cm³/mol. The van der Waals surface area contributed by atoms with Gasteiger partial charge in [-0.25, -0.2) is 0 Å². The minimum absolute atomic E-state index is 0.480. The van der Waals surface area contributed by atoms with Gasteiger partial charge in [0, 0.05) is 18.3 Å². The lowest BCUT2D eigenvalue weighted by Gasteiger charge is -2.17. The number of fused-ring (bicyclic) bond motifs is 2. The second-order valence-electron chi connectivity index (χ2n) is 4.84. The lowest BCUT2D eigenvalue weighted by atomic mass is 9.91. The van der Waals surface area contributed by atoms with Crippen molar-refractivity contribution >= 4 is 21.6 Å². The molecule has 1 saturated carbocycles. The topological polar surface area (TPSA) is 21.3 Å². The molecule has 0 atom stereocenters. The third kappa shape index (κ3) is 1.53. The van der Waals surface area contributed by atoms with Gasteiger partial charge in [0.05, 0.1) is 11.6 Å². The Morgan fingerprint density at radius 2 is 2.12 bits per heavy atom. The fourth-order valence-electron chi connectivity index (χ4n) is 2.75. The first-order valence-electron chi connectivity index (χ1n) is 5.87. The van der Waals surface area contributed by atoms with Crippen LogP contribution in [0.5, 0.6) is 5.75 Å². The summed E-state index contributed by atoms with van der Waals surface area (Å²) in [6, 6.07) is 4.38. The van der Waals surface area contributed by atoms with Gasteiger partial charge in [-0.05, 0) is 58.7 Å². The largest absolute Gasteiger partial charge is 0.495 e. The molecule has 0 bridgehead atoms. The van der Waals surface area contributed by atoms with E-state index in [-0.39, 0.29) is 0 Å². The highest BCUT2D eigenvalue weighted by Crippen LogP contribution is 2.56. The molecule has 0 saturated heterocycles. The van der Waals surface area contributed by atoms with Crippen LogP contribution in [0.1, 0.15) is 31.2 Å². The summed E-state index contributed by atoms with van der Waals surface area (Å²) in [5.74, 6) is 0.920. The van der Waals surface area contributed by atoms with E-state index in [1.807, 2.05) is 0 Å². The molecule has 2 aliphatic rings. The van der Waals surface area contributed by atoms with Gasteiger partial charge in [0.15, 0.2) is 0 Å². The molecule has 1 aromatic rings. The average molecular weight is 282 g/mol. The van der Waals surface area contributed by atoms with Crippen molar-refractivity contribution in [3.63, 3.8) is 0 Å². The van der Waals surface area contributed by atoms with Crippen molar-refractivity contribution in [2.75, 3.05) is 19.0 Å². The maximum Gasteiger partial charge on any atom is 0.135 e. The summed E-state index contributed by atoms with van der Waals surface area (Å²) in [6.45, 7) is 1.08. The number of anilines is 1. The normalized spacial score (nSPS) is 20.9. The first-order chi connectivity index (χ1) is 7.75. The molecule has 3 rings (SSSR count). The number of halogens is 1. The lowest BCUT2D eigenvalue weighted by molar-refractivity contribution is 0.412. The second kappa shape index (κ2) is 3.66. The van der Waals surface area contributed by atoms with E-state index in [1.165, 1.54) is 36.9 Å². The maximum atomic E-state index is 5.35. The molecule has 0 radical (unpaired) electrons. The zero-order chi connectivity index (χ0) is 11.2. The van der Waals surface area contributed by atoms with Crippen molar-refractivity contribution in [3.05, 3.63) is 22.2 Å². The molecule has 2 nitrogen and oxygen atoms in total. The molecule has 1 aromatic carbocycles. The number of benzene rings is 1. The van der Waals surface area contributed by atoms with Gasteiger partial charge in [-0.1, -0.05) is 0 Å². The minimum Gasteiger partial charge on any atom is -0.495 e. The Bertz CT molecular complexity index is 426. The van der Waals surface area contributed by atoms with Crippen LogP contribution in [0, 0.1) is 0 Å². The van der Waals surface area contributed by atoms with Crippen LogP contribution in [0.4, 0.5) is 5.69 Å². The molecule has 0 unspecified atom stereocenters. The van der Waals surface area contributed by atoms with Gasteiger partial charge in [-0.15, -0.1) is 0 Å². The number of rotatable bonds is 1. The molecule has 1 aliphatic carbocycles. The second-order valence-corrected chi connectivity index (χ2v) is 5.70. The van der Waals surface area contributed by atoms with Crippen LogP contribution in [0.25, 0.3) is 0 Å². The molecule has 0 amide bonds. The molecule has 16 heavy (non-hydrogen) atoms. The predicted octanol–water partition coefficient (Wildman–Crippen LogP) is 3.70. The van der Waals surface area contributed by atoms with Gasteiger partial charge in [-0.2, -0.15) is 0 Å². The number of methoxy groups -OCH3 is 1. The standard InChI is InChI=1S/C13H16BrNO/c1-16-12-8-11-9(7-10(12)14)13(4-5-13)3-2-6-15-11/h7-8,15H,2-6H2,1H3. The van der Waals surface area contributed by atoms with Crippen LogP contribution in [-0.2, 0) is 5.41 Å². The van der Waals surface area contributed by atoms with E-state index in [9.17, 15) is 0 Å². The molecule has 0 aromatic heterocycles. The number of ether oxygens (including phenoxy) is 1. The van der Waals surface area contributed by atoms with E-state index in [1.54, 1.807) is 7.11 Å². The van der Waals surface area contributed by atoms with Crippen molar-refractivity contribution in [2.45, 2.75) is 31.1 Å². The molecule has 86 valence electrons. The number of hydrogen-bond acceptors (Lipinski definition) is 2. The highest BCUT2D eigenvalue weighted by atomic mass is 79.9. The van der Waals surface area contributed by atoms with E-state index >= 15 is 0 Å². The minimum atomic E-state index is 0.480. The quantitative estimate of drug-likeness (QED) is 0.848. The fraction of sp³-hybridized carbons (Fsp3) is 0.538. The van der Waals surface area contributed by atoms with Gasteiger partial charge in [-0.3, -0.25) is 0 Å². The highest BCUT2D eigenvalue weighted by molar-refractivity contribution is 9.10. The summed E-state index contributed by atoms with van der Waals surface area (Å²) in [5, 5.41) is 3.52. The van der Waals surface area contributed by atoms with E-state index < -0.39 is 0 Å². The van der Waals surface area contributed by atoms with Crippen LogP contribution in [0.2, 0.25) is 0 Å². The monoisotopic (exact) mass is 281 g/mol. The summed E-state index contributed by atoms with van der Waals surface area (Å²) in [4.78, 5) is 0. The summed E-state index contributed by atoms with van der Waals surface area (Å²) >= 11 is 3.59. The Labute approximate surface area is 105 Å². The van der Waals surface area contributed by atoms with Crippen molar-refractivity contribution in [3.8, 4) is 5.75 Å². The zero-order valence-electron chi connectivity index (χ0n) is 9.48. The van der Waals surface area contributed by atoms with Crippen LogP contribution in [-0.4, -0.2) is 13.7 Å². The van der Waals surface area contributed by atoms with Crippen LogP contribution in [0.3, 0.4) is 0 Å². The third-order valence-corrected chi connectivity index (χ3v) is 4.48. The van der Waals surface area contributed by atoms with E-state index in [0.717, 1.165) is 16.8 Å². The van der Waals surface area contributed by atoms with Crippen molar-refractivity contribution in [2.24, 2.45) is 0 Å². The maximum absolute atomic E-state index is 5.35. The Kier molecular flexibility index (Phi) is 2.39. The van der Waals surface area contributed by atoms with Gasteiger partial charge in [0.1, 0.15) is 5.75 Å². The van der Waals surface area contributed by atoms with Gasteiger partial charge in [0.25, 0.3) is 0 Å². The molecule has 3 heteroatoms.